The highest BCUT2D eigenvalue weighted by molar-refractivity contribution is 7.14. The van der Waals surface area contributed by atoms with E-state index in [2.05, 4.69) is 16.4 Å². The molecule has 1 amide bonds. The van der Waals surface area contributed by atoms with Crippen LogP contribution in [0.25, 0.3) is 11.3 Å². The molecule has 3 rings (SSSR count). The van der Waals surface area contributed by atoms with Gasteiger partial charge in [-0.3, -0.25) is 10.1 Å². The van der Waals surface area contributed by atoms with Crippen molar-refractivity contribution in [3.05, 3.63) is 69.6 Å². The molecule has 0 aliphatic carbocycles. The molecule has 1 heterocycles. The third-order valence-electron chi connectivity index (χ3n) is 4.37. The van der Waals surface area contributed by atoms with Crippen LogP contribution >= 0.6 is 11.3 Å². The zero-order valence-corrected chi connectivity index (χ0v) is 16.8. The summed E-state index contributed by atoms with van der Waals surface area (Å²) in [6, 6.07) is 7.11. The summed E-state index contributed by atoms with van der Waals surface area (Å²) in [4.78, 5) is 28.2. The molecule has 0 radical (unpaired) electrons. The molecule has 0 saturated carbocycles. The topological polar surface area (TPSA) is 68.3 Å². The van der Waals surface area contributed by atoms with E-state index in [0.29, 0.717) is 5.13 Å². The Balaban J connectivity index is 1.64. The minimum absolute atomic E-state index is 0.329. The molecule has 3 aromatic rings. The van der Waals surface area contributed by atoms with Crippen LogP contribution in [0.4, 0.5) is 13.9 Å². The monoisotopic (exact) mass is 416 g/mol. The molecule has 0 saturated heterocycles. The predicted octanol–water partition coefficient (Wildman–Crippen LogP) is 4.81. The molecule has 0 bridgehead atoms. The molecule has 1 aromatic heterocycles. The Bertz CT molecular complexity index is 1080. The van der Waals surface area contributed by atoms with Crippen LogP contribution in [0, 0.1) is 32.4 Å². The van der Waals surface area contributed by atoms with E-state index in [1.54, 1.807) is 0 Å². The molecule has 0 spiro atoms. The van der Waals surface area contributed by atoms with Gasteiger partial charge in [-0.05, 0) is 55.7 Å². The number of carbonyl (C=O) groups is 2. The Hall–Kier alpha value is -3.13. The van der Waals surface area contributed by atoms with Gasteiger partial charge in [-0.25, -0.2) is 18.6 Å². The number of ether oxygens (including phenoxy) is 1. The van der Waals surface area contributed by atoms with E-state index in [1.165, 1.54) is 16.9 Å². The van der Waals surface area contributed by atoms with Crippen LogP contribution in [0.2, 0.25) is 0 Å². The van der Waals surface area contributed by atoms with Crippen molar-refractivity contribution in [3.8, 4) is 11.3 Å². The number of benzene rings is 2. The average molecular weight is 416 g/mol. The third-order valence-corrected chi connectivity index (χ3v) is 5.13. The lowest BCUT2D eigenvalue weighted by atomic mass is 9.99. The number of esters is 1. The molecule has 0 aliphatic heterocycles. The largest absolute Gasteiger partial charge is 0.452 e. The first-order valence-corrected chi connectivity index (χ1v) is 9.59. The molecule has 5 nitrogen and oxygen atoms in total. The fraction of sp³-hybridized carbons (Fsp3) is 0.190. The smallest absolute Gasteiger partial charge is 0.344 e. The molecule has 29 heavy (non-hydrogen) atoms. The highest BCUT2D eigenvalue weighted by Gasteiger charge is 2.20. The fourth-order valence-corrected chi connectivity index (χ4v) is 3.47. The molecule has 2 aromatic carbocycles. The number of amides is 1. The van der Waals surface area contributed by atoms with E-state index in [-0.39, 0.29) is 0 Å². The standard InChI is InChI=1S/C21H18F2N2O3S/c1-11-7-13(3)14(8-12(11)2)17-10-29-21(24-17)25-18(26)9-28-20(27)19-15(22)5-4-6-16(19)23/h4-8,10H,9H2,1-3H3,(H,24,25,26). The van der Waals surface area contributed by atoms with Gasteiger partial charge in [0.15, 0.2) is 11.7 Å². The van der Waals surface area contributed by atoms with Crippen molar-refractivity contribution < 1.29 is 23.1 Å². The van der Waals surface area contributed by atoms with Gasteiger partial charge in [-0.1, -0.05) is 12.1 Å². The average Bonchev–Trinajstić information content (AvgIpc) is 3.11. The van der Waals surface area contributed by atoms with Crippen molar-refractivity contribution in [2.75, 3.05) is 11.9 Å². The highest BCUT2D eigenvalue weighted by atomic mass is 32.1. The third kappa shape index (κ3) is 4.65. The molecular formula is C21H18F2N2O3S. The van der Waals surface area contributed by atoms with Crippen molar-refractivity contribution in [3.63, 3.8) is 0 Å². The maximum atomic E-state index is 13.6. The van der Waals surface area contributed by atoms with E-state index in [4.69, 9.17) is 4.74 Å². The van der Waals surface area contributed by atoms with Gasteiger partial charge in [-0.15, -0.1) is 11.3 Å². The first-order chi connectivity index (χ1) is 13.8. The van der Waals surface area contributed by atoms with Gasteiger partial charge in [0.25, 0.3) is 5.91 Å². The quantitative estimate of drug-likeness (QED) is 0.606. The maximum absolute atomic E-state index is 13.6. The van der Waals surface area contributed by atoms with Crippen molar-refractivity contribution in [2.45, 2.75) is 20.8 Å². The Morgan fingerprint density at radius 2 is 1.72 bits per heavy atom. The molecular weight excluding hydrogens is 398 g/mol. The lowest BCUT2D eigenvalue weighted by Gasteiger charge is -2.08. The Kier molecular flexibility index (Phi) is 6.03. The first kappa shape index (κ1) is 20.6. The lowest BCUT2D eigenvalue weighted by Crippen LogP contribution is -2.21. The number of anilines is 1. The fourth-order valence-electron chi connectivity index (χ4n) is 2.74. The van der Waals surface area contributed by atoms with Gasteiger partial charge in [0.1, 0.15) is 17.2 Å². The Morgan fingerprint density at radius 1 is 1.07 bits per heavy atom. The van der Waals surface area contributed by atoms with Crippen LogP contribution in [-0.4, -0.2) is 23.5 Å². The summed E-state index contributed by atoms with van der Waals surface area (Å²) in [7, 11) is 0. The van der Waals surface area contributed by atoms with E-state index < -0.39 is 35.7 Å². The summed E-state index contributed by atoms with van der Waals surface area (Å²) in [5.74, 6) is -4.01. The number of thiazole rings is 1. The van der Waals surface area contributed by atoms with Gasteiger partial charge in [0.2, 0.25) is 0 Å². The number of hydrogen-bond acceptors (Lipinski definition) is 5. The molecule has 0 atom stereocenters. The summed E-state index contributed by atoms with van der Waals surface area (Å²) in [6.07, 6.45) is 0. The molecule has 0 aliphatic rings. The molecule has 150 valence electrons. The molecule has 1 N–H and O–H groups in total. The number of nitrogens with one attached hydrogen (secondary N) is 1. The minimum atomic E-state index is -1.25. The summed E-state index contributed by atoms with van der Waals surface area (Å²) in [5.41, 5.74) is 4.24. The second-order valence-electron chi connectivity index (χ2n) is 6.51. The van der Waals surface area contributed by atoms with Gasteiger partial charge in [0, 0.05) is 10.9 Å². The minimum Gasteiger partial charge on any atom is -0.452 e. The number of aromatic nitrogens is 1. The molecule has 0 unspecified atom stereocenters. The van der Waals surface area contributed by atoms with Crippen LogP contribution in [-0.2, 0) is 9.53 Å². The normalized spacial score (nSPS) is 10.7. The summed E-state index contributed by atoms with van der Waals surface area (Å²) in [5, 5.41) is 4.66. The summed E-state index contributed by atoms with van der Waals surface area (Å²) >= 11 is 1.22. The van der Waals surface area contributed by atoms with E-state index in [9.17, 15) is 18.4 Å². The second-order valence-corrected chi connectivity index (χ2v) is 7.37. The molecule has 8 heteroatoms. The number of rotatable bonds is 5. The van der Waals surface area contributed by atoms with Gasteiger partial charge in [-0.2, -0.15) is 0 Å². The number of nitrogens with zero attached hydrogens (tertiary/aromatic N) is 1. The summed E-state index contributed by atoms with van der Waals surface area (Å²) in [6.45, 7) is 5.35. The van der Waals surface area contributed by atoms with Crippen molar-refractivity contribution in [1.29, 1.82) is 0 Å². The van der Waals surface area contributed by atoms with Crippen LogP contribution in [0.1, 0.15) is 27.0 Å². The Morgan fingerprint density at radius 3 is 2.41 bits per heavy atom. The SMILES string of the molecule is Cc1cc(C)c(-c2csc(NC(=O)COC(=O)c3c(F)cccc3F)n2)cc1C. The van der Waals surface area contributed by atoms with Crippen molar-refractivity contribution in [1.82, 2.24) is 4.98 Å². The van der Waals surface area contributed by atoms with Crippen LogP contribution in [0.15, 0.2) is 35.7 Å². The highest BCUT2D eigenvalue weighted by Crippen LogP contribution is 2.29. The number of halogens is 2. The zero-order valence-electron chi connectivity index (χ0n) is 16.0. The number of carbonyl (C=O) groups excluding carboxylic acids is 2. The summed E-state index contributed by atoms with van der Waals surface area (Å²) < 4.78 is 31.9. The zero-order chi connectivity index (χ0) is 21.1. The number of aryl methyl sites for hydroxylation is 3. The first-order valence-electron chi connectivity index (χ1n) is 8.71. The van der Waals surface area contributed by atoms with E-state index >= 15 is 0 Å². The number of hydrogen-bond donors (Lipinski definition) is 1. The van der Waals surface area contributed by atoms with Gasteiger partial charge in [0.05, 0.1) is 5.69 Å². The van der Waals surface area contributed by atoms with Gasteiger partial charge >= 0.3 is 5.97 Å². The van der Waals surface area contributed by atoms with Crippen LogP contribution in [0.5, 0.6) is 0 Å². The predicted molar refractivity (Wildman–Crippen MR) is 107 cm³/mol. The van der Waals surface area contributed by atoms with Crippen LogP contribution in [0.3, 0.4) is 0 Å². The van der Waals surface area contributed by atoms with Crippen molar-refractivity contribution >= 4 is 28.3 Å². The van der Waals surface area contributed by atoms with Crippen molar-refractivity contribution in [2.24, 2.45) is 0 Å². The van der Waals surface area contributed by atoms with E-state index in [1.807, 2.05) is 32.2 Å². The molecule has 0 fully saturated rings. The Labute approximate surface area is 170 Å². The lowest BCUT2D eigenvalue weighted by molar-refractivity contribution is -0.119. The van der Waals surface area contributed by atoms with Gasteiger partial charge < -0.3 is 4.74 Å². The second kappa shape index (κ2) is 8.48. The maximum Gasteiger partial charge on any atom is 0.344 e. The van der Waals surface area contributed by atoms with E-state index in [0.717, 1.165) is 40.6 Å². The van der Waals surface area contributed by atoms with Crippen LogP contribution < -0.4 is 5.32 Å².